The van der Waals surface area contributed by atoms with E-state index in [0.717, 1.165) is 44.7 Å². The molecule has 1 fully saturated rings. The molecular weight excluding hydrogens is 406 g/mol. The highest BCUT2D eigenvalue weighted by Crippen LogP contribution is 2.20. The van der Waals surface area contributed by atoms with E-state index in [1.165, 1.54) is 4.88 Å². The Bertz CT molecular complexity index is 1030. The van der Waals surface area contributed by atoms with Crippen LogP contribution in [0, 0.1) is 6.92 Å². The lowest BCUT2D eigenvalue weighted by atomic mass is 10.1. The van der Waals surface area contributed by atoms with Gasteiger partial charge in [0.15, 0.2) is 0 Å². The van der Waals surface area contributed by atoms with Crippen molar-refractivity contribution in [1.29, 1.82) is 0 Å². The summed E-state index contributed by atoms with van der Waals surface area (Å²) in [5.41, 5.74) is 2.81. The molecule has 3 aromatic rings. The van der Waals surface area contributed by atoms with Gasteiger partial charge in [0.2, 0.25) is 0 Å². The number of nitrogens with one attached hydrogen (secondary N) is 1. The lowest BCUT2D eigenvalue weighted by molar-refractivity contribution is 0.0638. The highest BCUT2D eigenvalue weighted by atomic mass is 32.1. The average Bonchev–Trinajstić information content (AvgIpc) is 3.33. The Morgan fingerprint density at radius 1 is 0.935 bits per heavy atom. The minimum atomic E-state index is -0.173. The smallest absolute Gasteiger partial charge is 0.255 e. The molecule has 4 rings (SSSR count). The van der Waals surface area contributed by atoms with Gasteiger partial charge < -0.3 is 10.2 Å². The van der Waals surface area contributed by atoms with E-state index in [-0.39, 0.29) is 11.8 Å². The maximum absolute atomic E-state index is 13.1. The number of aryl methyl sites for hydroxylation is 1. The number of rotatable bonds is 6. The number of hydrogen-bond acceptors (Lipinski definition) is 4. The molecule has 1 aliphatic heterocycles. The molecule has 1 aromatic heterocycles. The fourth-order valence-corrected chi connectivity index (χ4v) is 4.45. The zero-order chi connectivity index (χ0) is 21.6. The third-order valence-corrected chi connectivity index (χ3v) is 6.62. The predicted octanol–water partition coefficient (Wildman–Crippen LogP) is 4.31. The van der Waals surface area contributed by atoms with Gasteiger partial charge in [0.1, 0.15) is 0 Å². The van der Waals surface area contributed by atoms with Crippen molar-refractivity contribution >= 4 is 28.8 Å². The summed E-state index contributed by atoms with van der Waals surface area (Å²) in [4.78, 5) is 31.3. The molecule has 0 bridgehead atoms. The summed E-state index contributed by atoms with van der Waals surface area (Å²) >= 11 is 1.80. The number of anilines is 1. The van der Waals surface area contributed by atoms with Gasteiger partial charge in [-0.2, -0.15) is 0 Å². The SMILES string of the molecule is Cc1ccc(C(=O)N2CCN(CCc3cccs3)CC2)cc1NC(=O)c1ccccc1. The van der Waals surface area contributed by atoms with Crippen molar-refractivity contribution in [2.24, 2.45) is 0 Å². The fraction of sp³-hybridized carbons (Fsp3) is 0.280. The number of thiophene rings is 1. The van der Waals surface area contributed by atoms with Gasteiger partial charge in [-0.05, 0) is 54.6 Å². The first-order chi connectivity index (χ1) is 15.1. The van der Waals surface area contributed by atoms with Crippen molar-refractivity contribution in [1.82, 2.24) is 9.80 Å². The molecule has 1 saturated heterocycles. The largest absolute Gasteiger partial charge is 0.336 e. The average molecular weight is 434 g/mol. The van der Waals surface area contributed by atoms with E-state index < -0.39 is 0 Å². The van der Waals surface area contributed by atoms with E-state index in [1.807, 2.05) is 42.2 Å². The third-order valence-electron chi connectivity index (χ3n) is 5.68. The molecule has 1 aliphatic rings. The molecule has 1 N–H and O–H groups in total. The van der Waals surface area contributed by atoms with Crippen LogP contribution in [0.4, 0.5) is 5.69 Å². The van der Waals surface area contributed by atoms with Crippen molar-refractivity contribution in [2.45, 2.75) is 13.3 Å². The maximum Gasteiger partial charge on any atom is 0.255 e. The number of carbonyl (C=O) groups is 2. The van der Waals surface area contributed by atoms with Crippen LogP contribution in [0.3, 0.4) is 0 Å². The molecule has 31 heavy (non-hydrogen) atoms. The molecule has 0 atom stereocenters. The van der Waals surface area contributed by atoms with E-state index in [9.17, 15) is 9.59 Å². The number of nitrogens with zero attached hydrogens (tertiary/aromatic N) is 2. The van der Waals surface area contributed by atoms with Crippen LogP contribution in [0.1, 0.15) is 31.2 Å². The molecule has 0 saturated carbocycles. The quantitative estimate of drug-likeness (QED) is 0.630. The number of benzene rings is 2. The molecule has 0 aliphatic carbocycles. The van der Waals surface area contributed by atoms with Crippen molar-refractivity contribution < 1.29 is 9.59 Å². The Hall–Kier alpha value is -2.96. The molecule has 2 amide bonds. The highest BCUT2D eigenvalue weighted by molar-refractivity contribution is 7.09. The summed E-state index contributed by atoms with van der Waals surface area (Å²) < 4.78 is 0. The van der Waals surface area contributed by atoms with Gasteiger partial charge >= 0.3 is 0 Å². The van der Waals surface area contributed by atoms with Crippen LogP contribution in [-0.4, -0.2) is 54.3 Å². The minimum absolute atomic E-state index is 0.0214. The van der Waals surface area contributed by atoms with Crippen LogP contribution in [0.2, 0.25) is 0 Å². The van der Waals surface area contributed by atoms with Gasteiger partial charge in [-0.25, -0.2) is 0 Å². The van der Waals surface area contributed by atoms with E-state index in [1.54, 1.807) is 29.5 Å². The molecule has 0 radical (unpaired) electrons. The molecule has 0 unspecified atom stereocenters. The van der Waals surface area contributed by atoms with E-state index in [4.69, 9.17) is 0 Å². The van der Waals surface area contributed by atoms with Crippen LogP contribution in [0.25, 0.3) is 0 Å². The zero-order valence-corrected chi connectivity index (χ0v) is 18.5. The van der Waals surface area contributed by atoms with Crippen molar-refractivity contribution in [2.75, 3.05) is 38.0 Å². The van der Waals surface area contributed by atoms with Gasteiger partial charge in [0.25, 0.3) is 11.8 Å². The second-order valence-corrected chi connectivity index (χ2v) is 8.85. The molecule has 2 aromatic carbocycles. The second-order valence-electron chi connectivity index (χ2n) is 7.81. The first-order valence-electron chi connectivity index (χ1n) is 10.6. The Morgan fingerprint density at radius 2 is 1.71 bits per heavy atom. The Labute approximate surface area is 187 Å². The van der Waals surface area contributed by atoms with Crippen LogP contribution in [0.15, 0.2) is 66.0 Å². The van der Waals surface area contributed by atoms with Crippen LogP contribution >= 0.6 is 11.3 Å². The third kappa shape index (κ3) is 5.40. The highest BCUT2D eigenvalue weighted by Gasteiger charge is 2.22. The van der Waals surface area contributed by atoms with E-state index in [0.29, 0.717) is 16.8 Å². The Morgan fingerprint density at radius 3 is 2.42 bits per heavy atom. The molecule has 0 spiro atoms. The van der Waals surface area contributed by atoms with Gasteiger partial charge in [-0.15, -0.1) is 11.3 Å². The maximum atomic E-state index is 13.1. The Kier molecular flexibility index (Phi) is 6.79. The first-order valence-corrected chi connectivity index (χ1v) is 11.5. The molecule has 160 valence electrons. The normalized spacial score (nSPS) is 14.4. The molecule has 2 heterocycles. The number of amides is 2. The van der Waals surface area contributed by atoms with Crippen molar-refractivity contribution in [3.05, 3.63) is 87.6 Å². The van der Waals surface area contributed by atoms with Crippen LogP contribution < -0.4 is 5.32 Å². The monoisotopic (exact) mass is 433 g/mol. The number of piperazine rings is 1. The lowest BCUT2D eigenvalue weighted by Crippen LogP contribution is -2.49. The zero-order valence-electron chi connectivity index (χ0n) is 17.7. The predicted molar refractivity (Wildman–Crippen MR) is 126 cm³/mol. The van der Waals surface area contributed by atoms with Crippen molar-refractivity contribution in [3.8, 4) is 0 Å². The fourth-order valence-electron chi connectivity index (χ4n) is 3.75. The van der Waals surface area contributed by atoms with Crippen molar-refractivity contribution in [3.63, 3.8) is 0 Å². The van der Waals surface area contributed by atoms with Gasteiger partial charge in [-0.1, -0.05) is 30.3 Å². The van der Waals surface area contributed by atoms with Gasteiger partial charge in [0, 0.05) is 54.4 Å². The summed E-state index contributed by atoms with van der Waals surface area (Å²) in [5, 5.41) is 5.06. The van der Waals surface area contributed by atoms with Crippen LogP contribution in [0.5, 0.6) is 0 Å². The topological polar surface area (TPSA) is 52.7 Å². The summed E-state index contributed by atoms with van der Waals surface area (Å²) in [6, 6.07) is 18.9. The Balaban J connectivity index is 1.35. The number of carbonyl (C=O) groups excluding carboxylic acids is 2. The summed E-state index contributed by atoms with van der Waals surface area (Å²) in [5.74, 6) is -0.152. The standard InChI is InChI=1S/C25H27N3O2S/c1-19-9-10-21(18-23(19)26-24(29)20-6-3-2-4-7-20)25(30)28-15-13-27(14-16-28)12-11-22-8-5-17-31-22/h2-10,17-18H,11-16H2,1H3,(H,26,29). The number of hydrogen-bond donors (Lipinski definition) is 1. The summed E-state index contributed by atoms with van der Waals surface area (Å²) in [7, 11) is 0. The van der Waals surface area contributed by atoms with Gasteiger partial charge in [-0.3, -0.25) is 14.5 Å². The molecule has 5 nitrogen and oxygen atoms in total. The first kappa shape index (κ1) is 21.3. The molecular formula is C25H27N3O2S. The second kappa shape index (κ2) is 9.90. The summed E-state index contributed by atoms with van der Waals surface area (Å²) in [6.07, 6.45) is 1.06. The van der Waals surface area contributed by atoms with Crippen LogP contribution in [-0.2, 0) is 6.42 Å². The minimum Gasteiger partial charge on any atom is -0.336 e. The van der Waals surface area contributed by atoms with E-state index in [2.05, 4.69) is 27.7 Å². The summed E-state index contributed by atoms with van der Waals surface area (Å²) in [6.45, 7) is 6.19. The van der Waals surface area contributed by atoms with Gasteiger partial charge in [0.05, 0.1) is 0 Å². The lowest BCUT2D eigenvalue weighted by Gasteiger charge is -2.34. The molecule has 6 heteroatoms. The van der Waals surface area contributed by atoms with E-state index >= 15 is 0 Å².